The van der Waals surface area contributed by atoms with Gasteiger partial charge in [0, 0.05) is 22.4 Å². The first-order valence-electron chi connectivity index (χ1n) is 18.9. The number of hydrogen-bond donors (Lipinski definition) is 0. The molecule has 10 rings (SSSR count). The topological polar surface area (TPSA) is 3.24 Å². The molecule has 3 unspecified atom stereocenters. The van der Waals surface area contributed by atoms with Crippen LogP contribution in [0.15, 0.2) is 158 Å². The summed E-state index contributed by atoms with van der Waals surface area (Å²) in [6.07, 6.45) is 5.63. The Bertz CT molecular complexity index is 2400. The summed E-state index contributed by atoms with van der Waals surface area (Å²) in [5.74, 6) is 2.48. The molecule has 0 saturated heterocycles. The van der Waals surface area contributed by atoms with E-state index in [-0.39, 0.29) is 5.41 Å². The van der Waals surface area contributed by atoms with Crippen LogP contribution in [-0.2, 0) is 5.41 Å². The smallest absolute Gasteiger partial charge is 0.0546 e. The Labute approximate surface area is 302 Å². The maximum absolute atomic E-state index is 2.51. The number of benzene rings is 7. The van der Waals surface area contributed by atoms with Gasteiger partial charge in [-0.25, -0.2) is 0 Å². The number of anilines is 3. The van der Waals surface area contributed by atoms with Gasteiger partial charge in [-0.1, -0.05) is 148 Å². The van der Waals surface area contributed by atoms with Crippen molar-refractivity contribution in [3.8, 4) is 33.4 Å². The molecule has 3 aliphatic carbocycles. The normalized spacial score (nSPS) is 19.6. The van der Waals surface area contributed by atoms with Gasteiger partial charge in [-0.2, -0.15) is 0 Å². The largest absolute Gasteiger partial charge is 0.310 e. The number of nitrogens with zero attached hydrogens (tertiary/aromatic N) is 1. The minimum atomic E-state index is -0.0945. The standard InChI is InChI=1S/C50H43N/c1-50(2)45-19-11-18-42(44-31-33-20-21-38(44)30-33)49(45)43-28-27-40(32-46(43)50)51(39-25-22-35(23-26-39)34-12-5-3-6-13-34)47-29-24-36-14-9-10-17-41(36)48(47)37-15-7-4-8-16-37/h3-19,22-29,32-33,38,44H,20-21,30-31H2,1-2H3. The van der Waals surface area contributed by atoms with E-state index in [1.54, 1.807) is 5.56 Å². The lowest BCUT2D eigenvalue weighted by Gasteiger charge is -2.30. The summed E-state index contributed by atoms with van der Waals surface area (Å²) in [6, 6.07) is 58.7. The molecule has 3 atom stereocenters. The van der Waals surface area contributed by atoms with Gasteiger partial charge in [0.05, 0.1) is 5.69 Å². The number of rotatable bonds is 6. The fourth-order valence-electron chi connectivity index (χ4n) is 10.1. The first-order chi connectivity index (χ1) is 25.0. The molecular formula is C50H43N. The fraction of sp³-hybridized carbons (Fsp3) is 0.200. The summed E-state index contributed by atoms with van der Waals surface area (Å²) < 4.78 is 0. The quantitative estimate of drug-likeness (QED) is 0.172. The monoisotopic (exact) mass is 657 g/mol. The SMILES string of the molecule is CC1(C)c2cc(N(c3ccc(-c4ccccc4)cc3)c3ccc4ccccc4c3-c3ccccc3)ccc2-c2c(C3CC4CCC3C4)cccc21. The third-order valence-corrected chi connectivity index (χ3v) is 12.6. The zero-order chi connectivity index (χ0) is 34.1. The van der Waals surface area contributed by atoms with Crippen LogP contribution in [-0.4, -0.2) is 0 Å². The van der Waals surface area contributed by atoms with Crippen LogP contribution >= 0.6 is 0 Å². The number of hydrogen-bond acceptors (Lipinski definition) is 1. The van der Waals surface area contributed by atoms with E-state index in [0.29, 0.717) is 5.92 Å². The third kappa shape index (κ3) is 4.89. The minimum Gasteiger partial charge on any atom is -0.310 e. The highest BCUT2D eigenvalue weighted by Crippen LogP contribution is 2.59. The molecule has 1 nitrogen and oxygen atoms in total. The van der Waals surface area contributed by atoms with E-state index in [4.69, 9.17) is 0 Å². The first-order valence-corrected chi connectivity index (χ1v) is 18.9. The molecule has 2 bridgehead atoms. The lowest BCUT2D eigenvalue weighted by Crippen LogP contribution is -2.17. The molecule has 2 saturated carbocycles. The zero-order valence-corrected chi connectivity index (χ0v) is 29.5. The van der Waals surface area contributed by atoms with Crippen molar-refractivity contribution in [1.29, 1.82) is 0 Å². The van der Waals surface area contributed by atoms with Gasteiger partial charge in [-0.15, -0.1) is 0 Å². The molecule has 3 aliphatic rings. The fourth-order valence-corrected chi connectivity index (χ4v) is 10.1. The van der Waals surface area contributed by atoms with Gasteiger partial charge in [-0.3, -0.25) is 0 Å². The van der Waals surface area contributed by atoms with Gasteiger partial charge < -0.3 is 4.90 Å². The molecule has 0 radical (unpaired) electrons. The average molecular weight is 658 g/mol. The van der Waals surface area contributed by atoms with Gasteiger partial charge in [0.1, 0.15) is 0 Å². The molecule has 0 heterocycles. The zero-order valence-electron chi connectivity index (χ0n) is 29.5. The summed E-state index contributed by atoms with van der Waals surface area (Å²) >= 11 is 0. The average Bonchev–Trinajstić information content (AvgIpc) is 3.88. The van der Waals surface area contributed by atoms with E-state index in [1.165, 1.54) is 92.3 Å². The summed E-state index contributed by atoms with van der Waals surface area (Å²) in [4.78, 5) is 2.50. The second-order valence-corrected chi connectivity index (χ2v) is 15.7. The minimum absolute atomic E-state index is 0.0945. The van der Waals surface area contributed by atoms with Crippen LogP contribution in [0.4, 0.5) is 17.1 Å². The summed E-state index contributed by atoms with van der Waals surface area (Å²) in [5, 5.41) is 2.51. The van der Waals surface area contributed by atoms with Crippen molar-refractivity contribution in [2.75, 3.05) is 4.90 Å². The third-order valence-electron chi connectivity index (χ3n) is 12.6. The van der Waals surface area contributed by atoms with Gasteiger partial charge in [-0.05, 0) is 123 Å². The Hall–Kier alpha value is -5.40. The van der Waals surface area contributed by atoms with Crippen LogP contribution in [0.25, 0.3) is 44.2 Å². The summed E-state index contributed by atoms with van der Waals surface area (Å²) in [6.45, 7) is 4.88. The van der Waals surface area contributed by atoms with Gasteiger partial charge in [0.2, 0.25) is 0 Å². The highest BCUT2D eigenvalue weighted by Gasteiger charge is 2.44. The molecule has 0 spiro atoms. The Morgan fingerprint density at radius 3 is 1.98 bits per heavy atom. The Morgan fingerprint density at radius 1 is 0.529 bits per heavy atom. The molecule has 7 aromatic rings. The van der Waals surface area contributed by atoms with Crippen molar-refractivity contribution in [2.24, 2.45) is 11.8 Å². The van der Waals surface area contributed by atoms with Crippen LogP contribution < -0.4 is 4.90 Å². The van der Waals surface area contributed by atoms with E-state index < -0.39 is 0 Å². The van der Waals surface area contributed by atoms with Crippen molar-refractivity contribution < 1.29 is 0 Å². The Morgan fingerprint density at radius 2 is 1.24 bits per heavy atom. The van der Waals surface area contributed by atoms with Crippen molar-refractivity contribution >= 4 is 27.8 Å². The van der Waals surface area contributed by atoms with Gasteiger partial charge >= 0.3 is 0 Å². The van der Waals surface area contributed by atoms with Crippen LogP contribution in [0.3, 0.4) is 0 Å². The van der Waals surface area contributed by atoms with E-state index in [2.05, 4.69) is 176 Å². The van der Waals surface area contributed by atoms with Crippen molar-refractivity contribution in [1.82, 2.24) is 0 Å². The molecule has 0 aliphatic heterocycles. The first kappa shape index (κ1) is 30.4. The van der Waals surface area contributed by atoms with E-state index in [9.17, 15) is 0 Å². The van der Waals surface area contributed by atoms with Gasteiger partial charge in [0.15, 0.2) is 0 Å². The van der Waals surface area contributed by atoms with Crippen molar-refractivity contribution in [2.45, 2.75) is 50.9 Å². The van der Waals surface area contributed by atoms with Crippen LogP contribution in [0.1, 0.15) is 62.1 Å². The van der Waals surface area contributed by atoms with Crippen molar-refractivity contribution in [3.05, 3.63) is 174 Å². The van der Waals surface area contributed by atoms with Gasteiger partial charge in [0.25, 0.3) is 0 Å². The molecule has 1 heteroatoms. The molecule has 0 aromatic heterocycles. The second-order valence-electron chi connectivity index (χ2n) is 15.7. The maximum Gasteiger partial charge on any atom is 0.0546 e. The summed E-state index contributed by atoms with van der Waals surface area (Å²) in [5.41, 5.74) is 15.8. The van der Waals surface area contributed by atoms with Crippen molar-refractivity contribution in [3.63, 3.8) is 0 Å². The predicted octanol–water partition coefficient (Wildman–Crippen LogP) is 13.9. The van der Waals surface area contributed by atoms with E-state index >= 15 is 0 Å². The Kier molecular flexibility index (Phi) is 7.07. The Balaban J connectivity index is 1.17. The van der Waals surface area contributed by atoms with Crippen LogP contribution in [0.5, 0.6) is 0 Å². The lowest BCUT2D eigenvalue weighted by atomic mass is 9.78. The molecule has 51 heavy (non-hydrogen) atoms. The second kappa shape index (κ2) is 11.8. The highest BCUT2D eigenvalue weighted by molar-refractivity contribution is 6.05. The van der Waals surface area contributed by atoms with E-state index in [0.717, 1.165) is 17.5 Å². The molecule has 0 N–H and O–H groups in total. The predicted molar refractivity (Wildman–Crippen MR) is 215 cm³/mol. The molecule has 2 fully saturated rings. The van der Waals surface area contributed by atoms with Crippen LogP contribution in [0, 0.1) is 11.8 Å². The molecule has 248 valence electrons. The maximum atomic E-state index is 2.51. The summed E-state index contributed by atoms with van der Waals surface area (Å²) in [7, 11) is 0. The van der Waals surface area contributed by atoms with Crippen LogP contribution in [0.2, 0.25) is 0 Å². The molecular weight excluding hydrogens is 615 g/mol. The highest BCUT2D eigenvalue weighted by atomic mass is 15.1. The molecule has 0 amide bonds. The number of fused-ring (bicyclic) bond motifs is 6. The van der Waals surface area contributed by atoms with E-state index in [1.807, 2.05) is 0 Å². The molecule has 7 aromatic carbocycles. The lowest BCUT2D eigenvalue weighted by molar-refractivity contribution is 0.420.